The Morgan fingerprint density at radius 2 is 1.90 bits per heavy atom. The lowest BCUT2D eigenvalue weighted by Crippen LogP contribution is -2.38. The van der Waals surface area contributed by atoms with Crippen molar-refractivity contribution in [2.45, 2.75) is 37.6 Å². The van der Waals surface area contributed by atoms with Gasteiger partial charge in [-0.25, -0.2) is 8.42 Å². The van der Waals surface area contributed by atoms with Crippen LogP contribution < -0.4 is 0 Å². The summed E-state index contributed by atoms with van der Waals surface area (Å²) in [5, 5.41) is 0. The van der Waals surface area contributed by atoms with Crippen molar-refractivity contribution in [2.24, 2.45) is 11.8 Å². The average Bonchev–Trinajstić information content (AvgIpc) is 2.78. The van der Waals surface area contributed by atoms with Crippen molar-refractivity contribution in [3.05, 3.63) is 42.0 Å². The SMILES string of the molecule is Cc1ccc(S(=O)(=O)N2CC(C)C3C=CCCC32)cc1. The van der Waals surface area contributed by atoms with Crippen molar-refractivity contribution < 1.29 is 8.42 Å². The molecule has 1 aliphatic heterocycles. The maximum atomic E-state index is 12.8. The molecule has 3 atom stereocenters. The predicted molar refractivity (Wildman–Crippen MR) is 79.9 cm³/mol. The topological polar surface area (TPSA) is 37.4 Å². The van der Waals surface area contributed by atoms with E-state index in [-0.39, 0.29) is 6.04 Å². The van der Waals surface area contributed by atoms with Gasteiger partial charge in [0.1, 0.15) is 0 Å². The van der Waals surface area contributed by atoms with Crippen molar-refractivity contribution in [3.8, 4) is 0 Å². The van der Waals surface area contributed by atoms with E-state index in [0.29, 0.717) is 23.3 Å². The highest BCUT2D eigenvalue weighted by Gasteiger charge is 2.44. The number of sulfonamides is 1. The van der Waals surface area contributed by atoms with Crippen LogP contribution in [0.3, 0.4) is 0 Å². The normalized spacial score (nSPS) is 30.4. The molecule has 1 aliphatic carbocycles. The summed E-state index contributed by atoms with van der Waals surface area (Å²) in [6, 6.07) is 7.32. The van der Waals surface area contributed by atoms with E-state index in [9.17, 15) is 8.42 Å². The minimum atomic E-state index is -3.36. The van der Waals surface area contributed by atoms with E-state index in [0.717, 1.165) is 18.4 Å². The van der Waals surface area contributed by atoms with Crippen LogP contribution in [0.15, 0.2) is 41.3 Å². The number of benzene rings is 1. The second kappa shape index (κ2) is 5.01. The molecule has 20 heavy (non-hydrogen) atoms. The fourth-order valence-corrected chi connectivity index (χ4v) is 5.19. The van der Waals surface area contributed by atoms with Gasteiger partial charge in [0.15, 0.2) is 0 Å². The highest BCUT2D eigenvalue weighted by Crippen LogP contribution is 2.39. The highest BCUT2D eigenvalue weighted by molar-refractivity contribution is 7.89. The summed E-state index contributed by atoms with van der Waals surface area (Å²) >= 11 is 0. The van der Waals surface area contributed by atoms with Gasteiger partial charge >= 0.3 is 0 Å². The van der Waals surface area contributed by atoms with Gasteiger partial charge in [0.25, 0.3) is 0 Å². The first-order valence-electron chi connectivity index (χ1n) is 7.25. The molecular weight excluding hydrogens is 270 g/mol. The van der Waals surface area contributed by atoms with Crippen molar-refractivity contribution in [1.29, 1.82) is 0 Å². The Morgan fingerprint density at radius 3 is 2.60 bits per heavy atom. The molecule has 0 amide bonds. The zero-order valence-corrected chi connectivity index (χ0v) is 12.8. The van der Waals surface area contributed by atoms with Crippen molar-refractivity contribution in [2.75, 3.05) is 6.54 Å². The largest absolute Gasteiger partial charge is 0.243 e. The molecule has 0 N–H and O–H groups in total. The Balaban J connectivity index is 1.95. The Labute approximate surface area is 121 Å². The molecule has 4 heteroatoms. The number of fused-ring (bicyclic) bond motifs is 1. The number of rotatable bonds is 2. The van der Waals surface area contributed by atoms with E-state index in [1.54, 1.807) is 16.4 Å². The molecular formula is C16H21NO2S. The smallest absolute Gasteiger partial charge is 0.207 e. The predicted octanol–water partition coefficient (Wildman–Crippen LogP) is 2.97. The lowest BCUT2D eigenvalue weighted by Gasteiger charge is -2.28. The second-order valence-electron chi connectivity index (χ2n) is 6.02. The third kappa shape index (κ3) is 2.21. The standard InChI is InChI=1S/C16H21NO2S/c1-12-7-9-14(10-8-12)20(18,19)17-11-13(2)15-5-3-4-6-16(15)17/h3,5,7-10,13,15-16H,4,6,11H2,1-2H3. The van der Waals surface area contributed by atoms with Crippen LogP contribution in [0.25, 0.3) is 0 Å². The van der Waals surface area contributed by atoms with E-state index in [1.807, 2.05) is 19.1 Å². The third-order valence-electron chi connectivity index (χ3n) is 4.55. The summed E-state index contributed by atoms with van der Waals surface area (Å²) in [6.07, 6.45) is 6.33. The summed E-state index contributed by atoms with van der Waals surface area (Å²) in [4.78, 5) is 0.422. The molecule has 0 saturated carbocycles. The lowest BCUT2D eigenvalue weighted by molar-refractivity contribution is 0.335. The van der Waals surface area contributed by atoms with Gasteiger partial charge in [-0.2, -0.15) is 4.31 Å². The maximum absolute atomic E-state index is 12.8. The summed E-state index contributed by atoms with van der Waals surface area (Å²) in [6.45, 7) is 4.75. The van der Waals surface area contributed by atoms with Crippen LogP contribution in [0.1, 0.15) is 25.3 Å². The molecule has 0 bridgehead atoms. The first-order valence-corrected chi connectivity index (χ1v) is 8.69. The van der Waals surface area contributed by atoms with Crippen molar-refractivity contribution in [3.63, 3.8) is 0 Å². The van der Waals surface area contributed by atoms with E-state index in [2.05, 4.69) is 19.1 Å². The molecule has 1 heterocycles. The van der Waals surface area contributed by atoms with E-state index in [4.69, 9.17) is 0 Å². The number of hydrogen-bond donors (Lipinski definition) is 0. The molecule has 0 spiro atoms. The van der Waals surface area contributed by atoms with Gasteiger partial charge in [-0.15, -0.1) is 0 Å². The van der Waals surface area contributed by atoms with Gasteiger partial charge in [0, 0.05) is 12.6 Å². The molecule has 1 saturated heterocycles. The Bertz CT molecular complexity index is 618. The van der Waals surface area contributed by atoms with Crippen molar-refractivity contribution in [1.82, 2.24) is 4.31 Å². The fourth-order valence-electron chi connectivity index (χ4n) is 3.41. The maximum Gasteiger partial charge on any atom is 0.243 e. The van der Waals surface area contributed by atoms with E-state index in [1.165, 1.54) is 0 Å². The highest BCUT2D eigenvalue weighted by atomic mass is 32.2. The summed E-state index contributed by atoms with van der Waals surface area (Å²) in [5.41, 5.74) is 1.08. The number of nitrogens with zero attached hydrogens (tertiary/aromatic N) is 1. The molecule has 1 aromatic carbocycles. The summed E-state index contributed by atoms with van der Waals surface area (Å²) < 4.78 is 27.4. The van der Waals surface area contributed by atoms with Crippen LogP contribution in [0.2, 0.25) is 0 Å². The van der Waals surface area contributed by atoms with E-state index >= 15 is 0 Å². The Kier molecular flexibility index (Phi) is 3.46. The third-order valence-corrected chi connectivity index (χ3v) is 6.46. The van der Waals surface area contributed by atoms with Gasteiger partial charge in [-0.05, 0) is 43.7 Å². The Hall–Kier alpha value is -1.13. The summed E-state index contributed by atoms with van der Waals surface area (Å²) in [5.74, 6) is 0.778. The minimum Gasteiger partial charge on any atom is -0.207 e. The van der Waals surface area contributed by atoms with Gasteiger partial charge in [-0.1, -0.05) is 36.8 Å². The molecule has 1 aromatic rings. The quantitative estimate of drug-likeness (QED) is 0.786. The number of allylic oxidation sites excluding steroid dienone is 1. The molecule has 3 unspecified atom stereocenters. The molecule has 0 radical (unpaired) electrons. The zero-order valence-electron chi connectivity index (χ0n) is 12.0. The summed E-state index contributed by atoms with van der Waals surface area (Å²) in [7, 11) is -3.36. The number of aryl methyl sites for hydroxylation is 1. The van der Waals surface area contributed by atoms with Crippen LogP contribution in [-0.2, 0) is 10.0 Å². The van der Waals surface area contributed by atoms with Gasteiger partial charge in [0.2, 0.25) is 10.0 Å². The van der Waals surface area contributed by atoms with Crippen LogP contribution in [0.5, 0.6) is 0 Å². The fraction of sp³-hybridized carbons (Fsp3) is 0.500. The second-order valence-corrected chi connectivity index (χ2v) is 7.91. The van der Waals surface area contributed by atoms with Gasteiger partial charge in [0.05, 0.1) is 4.90 Å². The number of hydrogen-bond acceptors (Lipinski definition) is 2. The van der Waals surface area contributed by atoms with Crippen molar-refractivity contribution >= 4 is 10.0 Å². The molecule has 2 aliphatic rings. The van der Waals surface area contributed by atoms with Crippen LogP contribution >= 0.6 is 0 Å². The molecule has 3 nitrogen and oxygen atoms in total. The molecule has 108 valence electrons. The minimum absolute atomic E-state index is 0.140. The van der Waals surface area contributed by atoms with Gasteiger partial charge in [-0.3, -0.25) is 0 Å². The van der Waals surface area contributed by atoms with Gasteiger partial charge < -0.3 is 0 Å². The average molecular weight is 291 g/mol. The molecule has 1 fully saturated rings. The van der Waals surface area contributed by atoms with E-state index < -0.39 is 10.0 Å². The molecule has 0 aromatic heterocycles. The van der Waals surface area contributed by atoms with Crippen LogP contribution in [0, 0.1) is 18.8 Å². The first-order chi connectivity index (χ1) is 9.50. The zero-order chi connectivity index (χ0) is 14.3. The lowest BCUT2D eigenvalue weighted by atomic mass is 9.86. The Morgan fingerprint density at radius 1 is 1.20 bits per heavy atom. The first kappa shape index (κ1) is 13.8. The molecule has 3 rings (SSSR count). The van der Waals surface area contributed by atoms with Crippen LogP contribution in [-0.4, -0.2) is 25.3 Å². The monoisotopic (exact) mass is 291 g/mol. The van der Waals surface area contributed by atoms with Crippen LogP contribution in [0.4, 0.5) is 0 Å².